The number of hydrogen-bond acceptors (Lipinski definition) is 2. The summed E-state index contributed by atoms with van der Waals surface area (Å²) in [5.41, 5.74) is -2.35. The van der Waals surface area contributed by atoms with Gasteiger partial charge in [-0.15, -0.1) is 0 Å². The van der Waals surface area contributed by atoms with Crippen LogP contribution in [0, 0.1) is 0 Å². The van der Waals surface area contributed by atoms with Crippen LogP contribution in [0.25, 0.3) is 0 Å². The maximum absolute atomic E-state index is 13.0. The molecule has 0 saturated heterocycles. The minimum Gasteiger partial charge on any atom is -0.480 e. The second-order valence-electron chi connectivity index (χ2n) is 4.91. The van der Waals surface area contributed by atoms with E-state index < -0.39 is 23.2 Å². The summed E-state index contributed by atoms with van der Waals surface area (Å²) in [7, 11) is 0. The number of hydrogen-bond donors (Lipinski definition) is 2. The van der Waals surface area contributed by atoms with Gasteiger partial charge in [0.05, 0.1) is 5.56 Å². The molecule has 0 unspecified atom stereocenters. The van der Waals surface area contributed by atoms with Crippen molar-refractivity contribution in [3.05, 3.63) is 28.2 Å². The SMILES string of the molecule is O=C(O)C1(Nc2ccc(Br)cc2C(F)(F)F)CCCC1. The zero-order chi connectivity index (χ0) is 15.0. The molecule has 0 bridgehead atoms. The second-order valence-corrected chi connectivity index (χ2v) is 5.82. The van der Waals surface area contributed by atoms with Crippen molar-refractivity contribution in [1.82, 2.24) is 0 Å². The Morgan fingerprint density at radius 2 is 1.90 bits per heavy atom. The van der Waals surface area contributed by atoms with Crippen LogP contribution in [-0.2, 0) is 11.0 Å². The Morgan fingerprint density at radius 1 is 1.30 bits per heavy atom. The molecule has 2 N–H and O–H groups in total. The molecule has 1 fully saturated rings. The largest absolute Gasteiger partial charge is 0.480 e. The maximum Gasteiger partial charge on any atom is 0.418 e. The number of anilines is 1. The third-order valence-corrected chi connectivity index (χ3v) is 4.02. The van der Waals surface area contributed by atoms with E-state index in [1.54, 1.807) is 0 Å². The van der Waals surface area contributed by atoms with Gasteiger partial charge in [-0.25, -0.2) is 4.79 Å². The monoisotopic (exact) mass is 351 g/mol. The van der Waals surface area contributed by atoms with Crippen LogP contribution >= 0.6 is 15.9 Å². The lowest BCUT2D eigenvalue weighted by molar-refractivity contribution is -0.143. The Labute approximate surface area is 122 Å². The summed E-state index contributed by atoms with van der Waals surface area (Å²) in [6.07, 6.45) is -2.50. The lowest BCUT2D eigenvalue weighted by atomic mass is 9.96. The highest BCUT2D eigenvalue weighted by Gasteiger charge is 2.43. The van der Waals surface area contributed by atoms with Gasteiger partial charge in [-0.1, -0.05) is 28.8 Å². The summed E-state index contributed by atoms with van der Waals surface area (Å²) in [5, 5.41) is 11.9. The number of rotatable bonds is 3. The molecule has 0 radical (unpaired) electrons. The summed E-state index contributed by atoms with van der Waals surface area (Å²) in [4.78, 5) is 11.4. The summed E-state index contributed by atoms with van der Waals surface area (Å²) in [5.74, 6) is -1.11. The molecule has 0 heterocycles. The number of benzene rings is 1. The van der Waals surface area contributed by atoms with Crippen molar-refractivity contribution in [1.29, 1.82) is 0 Å². The van der Waals surface area contributed by atoms with Crippen molar-refractivity contribution < 1.29 is 23.1 Å². The smallest absolute Gasteiger partial charge is 0.418 e. The Balaban J connectivity index is 2.40. The summed E-state index contributed by atoms with van der Waals surface area (Å²) in [6.45, 7) is 0. The van der Waals surface area contributed by atoms with E-state index >= 15 is 0 Å². The van der Waals surface area contributed by atoms with Crippen molar-refractivity contribution in [2.75, 3.05) is 5.32 Å². The topological polar surface area (TPSA) is 49.3 Å². The number of carboxylic acid groups (broad SMARTS) is 1. The van der Waals surface area contributed by atoms with Gasteiger partial charge in [-0.2, -0.15) is 13.2 Å². The first kappa shape index (κ1) is 15.2. The number of aliphatic carboxylic acids is 1. The minimum absolute atomic E-state index is 0.190. The predicted octanol–water partition coefficient (Wildman–Crippen LogP) is 4.28. The van der Waals surface area contributed by atoms with Gasteiger partial charge >= 0.3 is 12.1 Å². The molecular formula is C13H13BrF3NO2. The van der Waals surface area contributed by atoms with Gasteiger partial charge in [0, 0.05) is 10.2 Å². The molecule has 2 rings (SSSR count). The molecular weight excluding hydrogens is 339 g/mol. The Morgan fingerprint density at radius 3 is 2.40 bits per heavy atom. The first-order valence-electron chi connectivity index (χ1n) is 6.13. The second kappa shape index (κ2) is 5.27. The van der Waals surface area contributed by atoms with Crippen LogP contribution in [0.15, 0.2) is 22.7 Å². The van der Waals surface area contributed by atoms with Gasteiger partial charge in [0.1, 0.15) is 5.54 Å². The lowest BCUT2D eigenvalue weighted by Gasteiger charge is -2.28. The van der Waals surface area contributed by atoms with E-state index in [9.17, 15) is 23.1 Å². The quantitative estimate of drug-likeness (QED) is 0.854. The molecule has 1 aliphatic carbocycles. The lowest BCUT2D eigenvalue weighted by Crippen LogP contribution is -2.44. The van der Waals surface area contributed by atoms with Gasteiger partial charge in [0.25, 0.3) is 0 Å². The summed E-state index contributed by atoms with van der Waals surface area (Å²) >= 11 is 3.00. The van der Waals surface area contributed by atoms with Crippen LogP contribution in [0.1, 0.15) is 31.2 Å². The van der Waals surface area contributed by atoms with Crippen molar-refractivity contribution in [3.8, 4) is 0 Å². The first-order chi connectivity index (χ1) is 9.24. The Hall–Kier alpha value is -1.24. The highest BCUT2D eigenvalue weighted by molar-refractivity contribution is 9.10. The van der Waals surface area contributed by atoms with E-state index in [1.807, 2.05) is 0 Å². The van der Waals surface area contributed by atoms with E-state index in [0.717, 1.165) is 6.07 Å². The predicted molar refractivity (Wildman–Crippen MR) is 71.6 cm³/mol. The van der Waals surface area contributed by atoms with Crippen molar-refractivity contribution in [3.63, 3.8) is 0 Å². The Bertz CT molecular complexity index is 525. The van der Waals surface area contributed by atoms with E-state index in [0.29, 0.717) is 30.2 Å². The van der Waals surface area contributed by atoms with Crippen LogP contribution in [0.2, 0.25) is 0 Å². The van der Waals surface area contributed by atoms with E-state index in [4.69, 9.17) is 0 Å². The molecule has 0 spiro atoms. The number of carboxylic acids is 1. The van der Waals surface area contributed by atoms with E-state index in [1.165, 1.54) is 12.1 Å². The number of halogens is 4. The maximum atomic E-state index is 13.0. The van der Waals surface area contributed by atoms with Crippen LogP contribution in [0.3, 0.4) is 0 Å². The molecule has 0 aliphatic heterocycles. The van der Waals surface area contributed by atoms with Crippen LogP contribution in [0.4, 0.5) is 18.9 Å². The molecule has 1 aromatic rings. The summed E-state index contributed by atoms with van der Waals surface area (Å²) < 4.78 is 39.4. The van der Waals surface area contributed by atoms with Gasteiger partial charge in [-0.3, -0.25) is 0 Å². The Kier molecular flexibility index (Phi) is 4.00. The fourth-order valence-corrected chi connectivity index (χ4v) is 2.85. The minimum atomic E-state index is -4.54. The molecule has 0 atom stereocenters. The average molecular weight is 352 g/mol. The molecule has 3 nitrogen and oxygen atoms in total. The zero-order valence-electron chi connectivity index (χ0n) is 10.4. The molecule has 1 aliphatic rings. The average Bonchev–Trinajstić information content (AvgIpc) is 2.80. The van der Waals surface area contributed by atoms with Gasteiger partial charge in [0.2, 0.25) is 0 Å². The molecule has 20 heavy (non-hydrogen) atoms. The highest BCUT2D eigenvalue weighted by atomic mass is 79.9. The van der Waals surface area contributed by atoms with Crippen molar-refractivity contribution in [2.45, 2.75) is 37.4 Å². The van der Waals surface area contributed by atoms with E-state index in [-0.39, 0.29) is 5.69 Å². The van der Waals surface area contributed by atoms with Gasteiger partial charge in [0.15, 0.2) is 0 Å². The van der Waals surface area contributed by atoms with Crippen LogP contribution in [-0.4, -0.2) is 16.6 Å². The standard InChI is InChI=1S/C13H13BrF3NO2/c14-8-3-4-10(9(7-8)13(15,16)17)18-12(11(19)20)5-1-2-6-12/h3-4,7,18H,1-2,5-6H2,(H,19,20). The van der Waals surface area contributed by atoms with Crippen LogP contribution in [0.5, 0.6) is 0 Å². The fourth-order valence-electron chi connectivity index (χ4n) is 2.49. The normalized spacial score (nSPS) is 18.0. The van der Waals surface area contributed by atoms with Gasteiger partial charge in [-0.05, 0) is 31.0 Å². The number of carbonyl (C=O) groups is 1. The fraction of sp³-hybridized carbons (Fsp3) is 0.462. The third-order valence-electron chi connectivity index (χ3n) is 3.53. The number of nitrogens with one attached hydrogen (secondary N) is 1. The first-order valence-corrected chi connectivity index (χ1v) is 6.92. The summed E-state index contributed by atoms with van der Waals surface area (Å²) in [6, 6.07) is 3.67. The van der Waals surface area contributed by atoms with Crippen LogP contribution < -0.4 is 5.32 Å². The van der Waals surface area contributed by atoms with E-state index in [2.05, 4.69) is 21.2 Å². The molecule has 1 aromatic carbocycles. The third kappa shape index (κ3) is 2.92. The zero-order valence-corrected chi connectivity index (χ0v) is 12.0. The molecule has 0 aromatic heterocycles. The molecule has 7 heteroatoms. The molecule has 0 amide bonds. The highest BCUT2D eigenvalue weighted by Crippen LogP contribution is 2.40. The molecule has 110 valence electrons. The van der Waals surface area contributed by atoms with Gasteiger partial charge < -0.3 is 10.4 Å². The number of alkyl halides is 3. The van der Waals surface area contributed by atoms with Crippen molar-refractivity contribution in [2.24, 2.45) is 0 Å². The molecule has 1 saturated carbocycles. The van der Waals surface area contributed by atoms with Crippen molar-refractivity contribution >= 4 is 27.6 Å².